The van der Waals surface area contributed by atoms with Crippen molar-refractivity contribution >= 4 is 11.7 Å². The summed E-state index contributed by atoms with van der Waals surface area (Å²) in [5.74, 6) is 0.407. The zero-order valence-electron chi connectivity index (χ0n) is 18.0. The number of hydrogen-bond donors (Lipinski definition) is 1. The van der Waals surface area contributed by atoms with Crippen LogP contribution in [0.2, 0.25) is 0 Å². The van der Waals surface area contributed by atoms with Gasteiger partial charge in [-0.25, -0.2) is 4.79 Å². The topological polar surface area (TPSA) is 32.3 Å². The van der Waals surface area contributed by atoms with Crippen LogP contribution in [0.4, 0.5) is 10.5 Å². The maximum atomic E-state index is 13.2. The summed E-state index contributed by atoms with van der Waals surface area (Å²) in [5, 5.41) is 3.24. The lowest BCUT2D eigenvalue weighted by Gasteiger charge is -2.38. The second-order valence-corrected chi connectivity index (χ2v) is 9.16. The van der Waals surface area contributed by atoms with Crippen molar-refractivity contribution in [3.8, 4) is 0 Å². The summed E-state index contributed by atoms with van der Waals surface area (Å²) in [6.45, 7) is 8.63. The summed E-state index contributed by atoms with van der Waals surface area (Å²) in [7, 11) is 1.95. The maximum Gasteiger partial charge on any atom is 0.321 e. The highest BCUT2D eigenvalue weighted by atomic mass is 16.2. The largest absolute Gasteiger partial charge is 0.324 e. The molecule has 0 radical (unpaired) electrons. The van der Waals surface area contributed by atoms with Crippen LogP contribution in [0.3, 0.4) is 0 Å². The predicted molar refractivity (Wildman–Crippen MR) is 118 cm³/mol. The quantitative estimate of drug-likeness (QED) is 0.651. The second-order valence-electron chi connectivity index (χ2n) is 9.16. The summed E-state index contributed by atoms with van der Waals surface area (Å²) < 4.78 is 0. The number of anilines is 1. The Labute approximate surface area is 170 Å². The Morgan fingerprint density at radius 3 is 2.36 bits per heavy atom. The van der Waals surface area contributed by atoms with E-state index in [0.29, 0.717) is 5.92 Å². The Bertz CT molecular complexity index is 807. The molecule has 3 heteroatoms. The summed E-state index contributed by atoms with van der Waals surface area (Å²) in [4.78, 5) is 15.2. The molecule has 2 unspecified atom stereocenters. The van der Waals surface area contributed by atoms with Gasteiger partial charge in [-0.2, -0.15) is 0 Å². The zero-order chi connectivity index (χ0) is 20.3. The molecule has 2 aromatic carbocycles. The van der Waals surface area contributed by atoms with E-state index in [1.165, 1.54) is 24.0 Å². The number of urea groups is 1. The van der Waals surface area contributed by atoms with Crippen LogP contribution in [0.15, 0.2) is 48.5 Å². The van der Waals surface area contributed by atoms with E-state index in [2.05, 4.69) is 81.5 Å². The van der Waals surface area contributed by atoms with Gasteiger partial charge in [-0.3, -0.25) is 0 Å². The molecule has 3 rings (SSSR count). The Morgan fingerprint density at radius 2 is 1.68 bits per heavy atom. The number of nitrogens with one attached hydrogen (secondary N) is 1. The predicted octanol–water partition coefficient (Wildman–Crippen LogP) is 6.48. The lowest BCUT2D eigenvalue weighted by atomic mass is 9.79. The van der Waals surface area contributed by atoms with Crippen molar-refractivity contribution in [3.63, 3.8) is 0 Å². The fraction of sp³-hybridized carbons (Fsp3) is 0.480. The van der Waals surface area contributed by atoms with Crippen LogP contribution in [-0.2, 0) is 5.41 Å². The Kier molecular flexibility index (Phi) is 6.12. The number of rotatable bonds is 3. The lowest BCUT2D eigenvalue weighted by Crippen LogP contribution is -2.44. The highest BCUT2D eigenvalue weighted by molar-refractivity contribution is 5.91. The smallest absolute Gasteiger partial charge is 0.321 e. The molecule has 0 bridgehead atoms. The third kappa shape index (κ3) is 4.40. The first-order valence-corrected chi connectivity index (χ1v) is 10.5. The number of carbonyl (C=O) groups is 1. The molecule has 0 heterocycles. The normalized spacial score (nSPS) is 19.9. The second kappa shape index (κ2) is 8.38. The minimum absolute atomic E-state index is 0.00682. The van der Waals surface area contributed by atoms with Crippen molar-refractivity contribution in [1.82, 2.24) is 4.90 Å². The minimum atomic E-state index is -0.0232. The third-order valence-electron chi connectivity index (χ3n) is 6.09. The van der Waals surface area contributed by atoms with E-state index in [4.69, 9.17) is 0 Å². The lowest BCUT2D eigenvalue weighted by molar-refractivity contribution is 0.173. The van der Waals surface area contributed by atoms with Crippen LogP contribution in [-0.4, -0.2) is 24.0 Å². The van der Waals surface area contributed by atoms with E-state index in [0.717, 1.165) is 24.1 Å². The number of aryl methyl sites for hydroxylation is 1. The molecule has 2 amide bonds. The van der Waals surface area contributed by atoms with Crippen LogP contribution in [0.25, 0.3) is 0 Å². The van der Waals surface area contributed by atoms with Gasteiger partial charge in [0.1, 0.15) is 0 Å². The van der Waals surface area contributed by atoms with Gasteiger partial charge in [-0.15, -0.1) is 0 Å². The highest BCUT2D eigenvalue weighted by Gasteiger charge is 2.32. The molecule has 1 aliphatic carbocycles. The number of likely N-dealkylation sites (N-methyl/N-ethyl adjacent to an activating group) is 1. The molecule has 1 fully saturated rings. The van der Waals surface area contributed by atoms with E-state index >= 15 is 0 Å². The van der Waals surface area contributed by atoms with Gasteiger partial charge in [0, 0.05) is 24.7 Å². The van der Waals surface area contributed by atoms with Crippen molar-refractivity contribution < 1.29 is 4.79 Å². The zero-order valence-corrected chi connectivity index (χ0v) is 18.0. The molecule has 1 aliphatic rings. The van der Waals surface area contributed by atoms with Gasteiger partial charge in [0.15, 0.2) is 0 Å². The van der Waals surface area contributed by atoms with Crippen LogP contribution >= 0.6 is 0 Å². The van der Waals surface area contributed by atoms with Crippen molar-refractivity contribution in [1.29, 1.82) is 0 Å². The Hall–Kier alpha value is -2.29. The monoisotopic (exact) mass is 378 g/mol. The van der Waals surface area contributed by atoms with Crippen molar-refractivity contribution in [3.05, 3.63) is 65.2 Å². The summed E-state index contributed by atoms with van der Waals surface area (Å²) in [5.41, 5.74) is 4.57. The van der Waals surface area contributed by atoms with Gasteiger partial charge >= 0.3 is 6.03 Å². The fourth-order valence-electron chi connectivity index (χ4n) is 4.47. The van der Waals surface area contributed by atoms with Gasteiger partial charge < -0.3 is 10.2 Å². The van der Waals surface area contributed by atoms with Crippen LogP contribution in [0.1, 0.15) is 69.1 Å². The molecule has 0 aromatic heterocycles. The minimum Gasteiger partial charge on any atom is -0.324 e. The number of para-hydroxylation sites is 1. The number of hydrogen-bond acceptors (Lipinski definition) is 1. The van der Waals surface area contributed by atoms with E-state index in [1.807, 2.05) is 11.9 Å². The summed E-state index contributed by atoms with van der Waals surface area (Å²) >= 11 is 0. The summed E-state index contributed by atoms with van der Waals surface area (Å²) in [6.07, 6.45) is 4.62. The standard InChI is InChI=1S/C25H34N2O/c1-18-12-11-16-21(25(2,3)4)23(18)26-24(28)27(5)22-17-10-9-15-20(22)19-13-7-6-8-14-19/h6-8,11-14,16,20,22H,9-10,15,17H2,1-5H3,(H,26,28). The molecule has 0 spiro atoms. The van der Waals surface area contributed by atoms with Crippen LogP contribution in [0.5, 0.6) is 0 Å². The van der Waals surface area contributed by atoms with Crippen molar-refractivity contribution in [2.75, 3.05) is 12.4 Å². The SMILES string of the molecule is Cc1cccc(C(C)(C)C)c1NC(=O)N(C)C1CCCCC1c1ccccc1. The number of benzene rings is 2. The van der Waals surface area contributed by atoms with Gasteiger partial charge in [-0.05, 0) is 41.9 Å². The van der Waals surface area contributed by atoms with Gasteiger partial charge in [0.25, 0.3) is 0 Å². The first kappa shape index (κ1) is 20.4. The number of nitrogens with zero attached hydrogens (tertiary/aromatic N) is 1. The molecule has 28 heavy (non-hydrogen) atoms. The van der Waals surface area contributed by atoms with Crippen molar-refractivity contribution in [2.45, 2.75) is 70.8 Å². The Morgan fingerprint density at radius 1 is 1.00 bits per heavy atom. The summed E-state index contributed by atoms with van der Waals surface area (Å²) in [6, 6.07) is 17.2. The van der Waals surface area contributed by atoms with E-state index in [9.17, 15) is 4.79 Å². The molecule has 2 aromatic rings. The molecule has 1 saturated carbocycles. The molecule has 0 saturated heterocycles. The first-order valence-electron chi connectivity index (χ1n) is 10.5. The number of amides is 2. The fourth-order valence-corrected chi connectivity index (χ4v) is 4.47. The van der Waals surface area contributed by atoms with E-state index in [1.54, 1.807) is 0 Å². The average molecular weight is 379 g/mol. The average Bonchev–Trinajstić information content (AvgIpc) is 2.68. The van der Waals surface area contributed by atoms with E-state index < -0.39 is 0 Å². The van der Waals surface area contributed by atoms with E-state index in [-0.39, 0.29) is 17.5 Å². The first-order chi connectivity index (χ1) is 13.3. The van der Waals surface area contributed by atoms with Crippen molar-refractivity contribution in [2.24, 2.45) is 0 Å². The number of carbonyl (C=O) groups excluding carboxylic acids is 1. The molecule has 1 N–H and O–H groups in total. The van der Waals surface area contributed by atoms with Gasteiger partial charge in [0.05, 0.1) is 0 Å². The van der Waals surface area contributed by atoms with Crippen LogP contribution < -0.4 is 5.32 Å². The van der Waals surface area contributed by atoms with Gasteiger partial charge in [0.2, 0.25) is 0 Å². The highest BCUT2D eigenvalue weighted by Crippen LogP contribution is 2.37. The molecule has 2 atom stereocenters. The molecule has 0 aliphatic heterocycles. The Balaban J connectivity index is 1.83. The maximum absolute atomic E-state index is 13.2. The third-order valence-corrected chi connectivity index (χ3v) is 6.09. The molecular weight excluding hydrogens is 344 g/mol. The van der Waals surface area contributed by atoms with Gasteiger partial charge in [-0.1, -0.05) is 82.1 Å². The molecule has 3 nitrogen and oxygen atoms in total. The molecule has 150 valence electrons. The van der Waals surface area contributed by atoms with Crippen LogP contribution in [0, 0.1) is 6.92 Å². The molecular formula is C25H34N2O.